The number of benzene rings is 1. The van der Waals surface area contributed by atoms with Crippen LogP contribution < -0.4 is 11.1 Å². The maximum absolute atomic E-state index is 12.1. The highest BCUT2D eigenvalue weighted by Crippen LogP contribution is 2.21. The summed E-state index contributed by atoms with van der Waals surface area (Å²) in [6.45, 7) is 8.35. The SMILES string of the molecule is CC(C)C[C@H](N)C(=O)NC(c1ccccc1)C(C)C. The van der Waals surface area contributed by atoms with E-state index in [-0.39, 0.29) is 11.9 Å². The normalized spacial score (nSPS) is 14.5. The molecule has 0 bridgehead atoms. The van der Waals surface area contributed by atoms with Crippen LogP contribution in [0.1, 0.15) is 45.7 Å². The standard InChI is InChI=1S/C16H26N2O/c1-11(2)10-14(17)16(19)18-15(12(3)4)13-8-6-5-7-9-13/h5-9,11-12,14-15H,10,17H2,1-4H3,(H,18,19)/t14-,15?/m0/s1. The minimum absolute atomic E-state index is 0.0203. The van der Waals surface area contributed by atoms with E-state index in [1.807, 2.05) is 30.3 Å². The smallest absolute Gasteiger partial charge is 0.237 e. The Morgan fingerprint density at radius 3 is 2.21 bits per heavy atom. The number of nitrogens with two attached hydrogens (primary N) is 1. The summed E-state index contributed by atoms with van der Waals surface area (Å²) in [7, 11) is 0. The van der Waals surface area contributed by atoms with E-state index in [0.29, 0.717) is 18.3 Å². The van der Waals surface area contributed by atoms with Gasteiger partial charge in [0.05, 0.1) is 12.1 Å². The predicted octanol–water partition coefficient (Wildman–Crippen LogP) is 2.87. The van der Waals surface area contributed by atoms with Gasteiger partial charge in [-0.1, -0.05) is 58.0 Å². The van der Waals surface area contributed by atoms with E-state index in [9.17, 15) is 4.79 Å². The number of carbonyl (C=O) groups is 1. The Morgan fingerprint density at radius 2 is 1.74 bits per heavy atom. The highest BCUT2D eigenvalue weighted by molar-refractivity contribution is 5.81. The van der Waals surface area contributed by atoms with Gasteiger partial charge in [-0.05, 0) is 23.8 Å². The Kier molecular flexibility index (Phi) is 6.03. The Hall–Kier alpha value is -1.35. The number of nitrogens with one attached hydrogen (secondary N) is 1. The Labute approximate surface area is 116 Å². The fourth-order valence-corrected chi connectivity index (χ4v) is 2.17. The van der Waals surface area contributed by atoms with Gasteiger partial charge in [-0.3, -0.25) is 4.79 Å². The molecule has 0 radical (unpaired) electrons. The van der Waals surface area contributed by atoms with Crippen molar-refractivity contribution in [3.63, 3.8) is 0 Å². The van der Waals surface area contributed by atoms with Crippen LogP contribution >= 0.6 is 0 Å². The van der Waals surface area contributed by atoms with Crippen molar-refractivity contribution in [3.8, 4) is 0 Å². The van der Waals surface area contributed by atoms with E-state index in [2.05, 4.69) is 33.0 Å². The molecule has 0 heterocycles. The Balaban J connectivity index is 2.72. The quantitative estimate of drug-likeness (QED) is 0.828. The van der Waals surface area contributed by atoms with Gasteiger partial charge in [0.2, 0.25) is 5.91 Å². The predicted molar refractivity (Wildman–Crippen MR) is 79.6 cm³/mol. The lowest BCUT2D eigenvalue weighted by Gasteiger charge is -2.25. The molecule has 0 spiro atoms. The first-order chi connectivity index (χ1) is 8.91. The molecule has 106 valence electrons. The molecule has 1 amide bonds. The lowest BCUT2D eigenvalue weighted by Crippen LogP contribution is -2.44. The number of rotatable bonds is 6. The molecule has 0 saturated heterocycles. The van der Waals surface area contributed by atoms with E-state index >= 15 is 0 Å². The second kappa shape index (κ2) is 7.29. The van der Waals surface area contributed by atoms with E-state index < -0.39 is 6.04 Å². The summed E-state index contributed by atoms with van der Waals surface area (Å²) >= 11 is 0. The van der Waals surface area contributed by atoms with E-state index in [4.69, 9.17) is 5.73 Å². The van der Waals surface area contributed by atoms with Gasteiger partial charge in [-0.15, -0.1) is 0 Å². The molecule has 0 saturated carbocycles. The summed E-state index contributed by atoms with van der Waals surface area (Å²) in [6, 6.07) is 9.64. The third kappa shape index (κ3) is 5.03. The number of hydrogen-bond donors (Lipinski definition) is 2. The van der Waals surface area contributed by atoms with Gasteiger partial charge in [0.1, 0.15) is 0 Å². The number of hydrogen-bond acceptors (Lipinski definition) is 2. The van der Waals surface area contributed by atoms with Crippen molar-refractivity contribution in [1.82, 2.24) is 5.32 Å². The van der Waals surface area contributed by atoms with Gasteiger partial charge >= 0.3 is 0 Å². The molecule has 0 aliphatic heterocycles. The van der Waals surface area contributed by atoms with Crippen molar-refractivity contribution < 1.29 is 4.79 Å². The molecule has 3 N–H and O–H groups in total. The molecule has 19 heavy (non-hydrogen) atoms. The maximum Gasteiger partial charge on any atom is 0.237 e. The largest absolute Gasteiger partial charge is 0.348 e. The van der Waals surface area contributed by atoms with Crippen molar-refractivity contribution in [2.24, 2.45) is 17.6 Å². The topological polar surface area (TPSA) is 55.1 Å². The number of carbonyl (C=O) groups excluding carboxylic acids is 1. The van der Waals surface area contributed by atoms with Crippen molar-refractivity contribution in [2.75, 3.05) is 0 Å². The Morgan fingerprint density at radius 1 is 1.16 bits per heavy atom. The van der Waals surface area contributed by atoms with Gasteiger partial charge in [0.15, 0.2) is 0 Å². The summed E-state index contributed by atoms with van der Waals surface area (Å²) in [6.07, 6.45) is 0.714. The minimum atomic E-state index is -0.426. The third-order valence-electron chi connectivity index (χ3n) is 3.19. The fourth-order valence-electron chi connectivity index (χ4n) is 2.17. The monoisotopic (exact) mass is 262 g/mol. The zero-order valence-corrected chi connectivity index (χ0v) is 12.4. The van der Waals surface area contributed by atoms with Crippen molar-refractivity contribution in [1.29, 1.82) is 0 Å². The van der Waals surface area contributed by atoms with Crippen molar-refractivity contribution in [2.45, 2.75) is 46.2 Å². The molecule has 3 nitrogen and oxygen atoms in total. The van der Waals surface area contributed by atoms with Crippen LogP contribution in [0.15, 0.2) is 30.3 Å². The van der Waals surface area contributed by atoms with Crippen LogP contribution in [0.2, 0.25) is 0 Å². The van der Waals surface area contributed by atoms with Crippen molar-refractivity contribution in [3.05, 3.63) is 35.9 Å². The Bertz CT molecular complexity index is 387. The van der Waals surface area contributed by atoms with E-state index in [1.54, 1.807) is 0 Å². The molecule has 0 aromatic heterocycles. The van der Waals surface area contributed by atoms with Crippen LogP contribution in [0.3, 0.4) is 0 Å². The minimum Gasteiger partial charge on any atom is -0.348 e. The van der Waals surface area contributed by atoms with Crippen LogP contribution in [-0.2, 0) is 4.79 Å². The highest BCUT2D eigenvalue weighted by atomic mass is 16.2. The van der Waals surface area contributed by atoms with Crippen LogP contribution in [-0.4, -0.2) is 11.9 Å². The van der Waals surface area contributed by atoms with E-state index in [1.165, 1.54) is 0 Å². The van der Waals surface area contributed by atoms with Crippen molar-refractivity contribution >= 4 is 5.91 Å². The zero-order valence-electron chi connectivity index (χ0n) is 12.4. The highest BCUT2D eigenvalue weighted by Gasteiger charge is 2.22. The van der Waals surface area contributed by atoms with Gasteiger partial charge in [-0.25, -0.2) is 0 Å². The van der Waals surface area contributed by atoms with Crippen LogP contribution in [0.4, 0.5) is 0 Å². The lowest BCUT2D eigenvalue weighted by atomic mass is 9.95. The van der Waals surface area contributed by atoms with Gasteiger partial charge < -0.3 is 11.1 Å². The summed E-state index contributed by atoms with van der Waals surface area (Å²) in [5, 5.41) is 3.07. The molecule has 0 aliphatic rings. The van der Waals surface area contributed by atoms with Gasteiger partial charge in [0.25, 0.3) is 0 Å². The molecule has 0 fully saturated rings. The second-order valence-corrected chi connectivity index (χ2v) is 5.88. The molecule has 1 rings (SSSR count). The summed E-state index contributed by atoms with van der Waals surface area (Å²) in [4.78, 5) is 12.1. The second-order valence-electron chi connectivity index (χ2n) is 5.88. The average Bonchev–Trinajstić information content (AvgIpc) is 2.35. The van der Waals surface area contributed by atoms with Crippen LogP contribution in [0.25, 0.3) is 0 Å². The average molecular weight is 262 g/mol. The van der Waals surface area contributed by atoms with Gasteiger partial charge in [0, 0.05) is 0 Å². The lowest BCUT2D eigenvalue weighted by molar-refractivity contribution is -0.123. The molecule has 3 heteroatoms. The van der Waals surface area contributed by atoms with Crippen LogP contribution in [0, 0.1) is 11.8 Å². The molecule has 1 aromatic rings. The van der Waals surface area contributed by atoms with Crippen LogP contribution in [0.5, 0.6) is 0 Å². The number of amides is 1. The molecule has 1 aromatic carbocycles. The first-order valence-corrected chi connectivity index (χ1v) is 7.02. The summed E-state index contributed by atoms with van der Waals surface area (Å²) < 4.78 is 0. The molecule has 1 unspecified atom stereocenters. The molecular weight excluding hydrogens is 236 g/mol. The zero-order chi connectivity index (χ0) is 14.4. The molecule has 0 aliphatic carbocycles. The molecule has 2 atom stereocenters. The van der Waals surface area contributed by atoms with E-state index in [0.717, 1.165) is 5.56 Å². The fraction of sp³-hybridized carbons (Fsp3) is 0.562. The first-order valence-electron chi connectivity index (χ1n) is 7.02. The molecular formula is C16H26N2O. The summed E-state index contributed by atoms with van der Waals surface area (Å²) in [5.74, 6) is 0.698. The third-order valence-corrected chi connectivity index (χ3v) is 3.19. The first kappa shape index (κ1) is 15.7. The summed E-state index contributed by atoms with van der Waals surface area (Å²) in [5.41, 5.74) is 7.06. The maximum atomic E-state index is 12.1. The van der Waals surface area contributed by atoms with Gasteiger partial charge in [-0.2, -0.15) is 0 Å².